The Kier molecular flexibility index (Phi) is 4.82. The molecule has 0 saturated heterocycles. The van der Waals surface area contributed by atoms with E-state index in [0.29, 0.717) is 17.7 Å². The molecule has 1 aliphatic heterocycles. The van der Waals surface area contributed by atoms with Crippen molar-refractivity contribution in [1.29, 1.82) is 0 Å². The van der Waals surface area contributed by atoms with Gasteiger partial charge in [-0.3, -0.25) is 19.5 Å². The molecule has 5 aliphatic rings. The van der Waals surface area contributed by atoms with Gasteiger partial charge in [-0.1, -0.05) is 12.1 Å². The van der Waals surface area contributed by atoms with Crippen molar-refractivity contribution in [2.24, 2.45) is 29.8 Å². The molecule has 1 aromatic heterocycles. The Hall–Kier alpha value is -1.73. The van der Waals surface area contributed by atoms with Crippen molar-refractivity contribution in [1.82, 2.24) is 9.47 Å². The van der Waals surface area contributed by atoms with E-state index in [0.717, 1.165) is 28.2 Å². The maximum Gasteiger partial charge on any atom is 0.261 e. The van der Waals surface area contributed by atoms with Crippen molar-refractivity contribution in [2.75, 3.05) is 0 Å². The molecule has 158 valence electrons. The number of carbonyl (C=O) groups is 2. The minimum absolute atomic E-state index is 0. The standard InChI is InChI=1S/C23H25N3O2S.BrH/c1-25-17(12-26-20(27)18-4-2-3-5-19(18)21(26)28)13-29-22(25)24-23-9-14-6-15(10-23)8-16(7-14)11-23;/h2-5,13-16H,6-12H2,1H3;1H. The first-order chi connectivity index (χ1) is 14.0. The zero-order chi connectivity index (χ0) is 19.8. The number of imide groups is 1. The van der Waals surface area contributed by atoms with Gasteiger partial charge in [-0.2, -0.15) is 0 Å². The monoisotopic (exact) mass is 487 g/mol. The van der Waals surface area contributed by atoms with Crippen molar-refractivity contribution >= 4 is 40.1 Å². The summed E-state index contributed by atoms with van der Waals surface area (Å²) in [5.41, 5.74) is 2.11. The highest BCUT2D eigenvalue weighted by Gasteiger charge is 2.51. The summed E-state index contributed by atoms with van der Waals surface area (Å²) >= 11 is 1.64. The first kappa shape index (κ1) is 20.2. The maximum absolute atomic E-state index is 12.7. The minimum atomic E-state index is -0.198. The number of fused-ring (bicyclic) bond motifs is 1. The molecular weight excluding hydrogens is 462 g/mol. The number of hydrogen-bond donors (Lipinski definition) is 0. The summed E-state index contributed by atoms with van der Waals surface area (Å²) in [4.78, 5) is 33.1. The number of halogens is 1. The van der Waals surface area contributed by atoms with E-state index in [1.165, 1.54) is 43.4 Å². The number of benzene rings is 1. The first-order valence-corrected chi connectivity index (χ1v) is 11.5. The summed E-state index contributed by atoms with van der Waals surface area (Å²) in [6.07, 6.45) is 7.96. The summed E-state index contributed by atoms with van der Waals surface area (Å²) in [6, 6.07) is 7.08. The van der Waals surface area contributed by atoms with Gasteiger partial charge in [-0.05, 0) is 68.4 Å². The van der Waals surface area contributed by atoms with E-state index >= 15 is 0 Å². The number of amides is 2. The molecule has 2 heterocycles. The van der Waals surface area contributed by atoms with Gasteiger partial charge in [-0.25, -0.2) is 0 Å². The number of aromatic nitrogens is 1. The SMILES string of the molecule is Br.Cn1c(CN2C(=O)c3ccccc3C2=O)csc1=NC12CC3CC(CC(C3)C1)C2. The van der Waals surface area contributed by atoms with Gasteiger partial charge in [0.25, 0.3) is 11.8 Å². The number of nitrogens with zero attached hydrogens (tertiary/aromatic N) is 3. The Labute approximate surface area is 190 Å². The lowest BCUT2D eigenvalue weighted by atomic mass is 9.53. The third-order valence-electron chi connectivity index (χ3n) is 7.56. The molecule has 0 atom stereocenters. The topological polar surface area (TPSA) is 54.7 Å². The summed E-state index contributed by atoms with van der Waals surface area (Å²) in [5.74, 6) is 2.21. The summed E-state index contributed by atoms with van der Waals surface area (Å²) < 4.78 is 2.09. The van der Waals surface area contributed by atoms with Crippen molar-refractivity contribution in [3.05, 3.63) is 51.3 Å². The van der Waals surface area contributed by atoms with E-state index in [2.05, 4.69) is 9.95 Å². The molecule has 2 amide bonds. The Balaban J connectivity index is 0.00000193. The van der Waals surface area contributed by atoms with Crippen LogP contribution >= 0.6 is 28.3 Å². The normalized spacial score (nSPS) is 32.0. The summed E-state index contributed by atoms with van der Waals surface area (Å²) in [7, 11) is 2.02. The van der Waals surface area contributed by atoms with Crippen LogP contribution < -0.4 is 4.80 Å². The predicted molar refractivity (Wildman–Crippen MR) is 121 cm³/mol. The molecule has 0 spiro atoms. The van der Waals surface area contributed by atoms with Gasteiger partial charge in [0.2, 0.25) is 0 Å². The van der Waals surface area contributed by atoms with Crippen molar-refractivity contribution in [2.45, 2.75) is 50.6 Å². The van der Waals surface area contributed by atoms with Crippen molar-refractivity contribution in [3.8, 4) is 0 Å². The van der Waals surface area contributed by atoms with Gasteiger partial charge in [0, 0.05) is 18.1 Å². The van der Waals surface area contributed by atoms with Gasteiger partial charge in [-0.15, -0.1) is 28.3 Å². The van der Waals surface area contributed by atoms with Gasteiger partial charge in [0.15, 0.2) is 4.80 Å². The van der Waals surface area contributed by atoms with Gasteiger partial charge in [0.05, 0.1) is 23.2 Å². The lowest BCUT2D eigenvalue weighted by Crippen LogP contribution is -2.50. The lowest BCUT2D eigenvalue weighted by molar-refractivity contribution is -0.000382. The third-order valence-corrected chi connectivity index (χ3v) is 8.52. The summed E-state index contributed by atoms with van der Waals surface area (Å²) in [5, 5.41) is 2.06. The zero-order valence-corrected chi connectivity index (χ0v) is 19.6. The lowest BCUT2D eigenvalue weighted by Gasteiger charge is -2.54. The Morgan fingerprint density at radius 3 is 2.07 bits per heavy atom. The van der Waals surface area contributed by atoms with Gasteiger partial charge >= 0.3 is 0 Å². The van der Waals surface area contributed by atoms with E-state index in [-0.39, 0.29) is 34.3 Å². The average Bonchev–Trinajstić information content (AvgIpc) is 3.14. The maximum atomic E-state index is 12.7. The fraction of sp³-hybridized carbons (Fsp3) is 0.522. The second kappa shape index (κ2) is 7.16. The molecule has 7 rings (SSSR count). The van der Waals surface area contributed by atoms with Crippen LogP contribution in [0.25, 0.3) is 0 Å². The van der Waals surface area contributed by atoms with E-state index in [1.807, 2.05) is 7.05 Å². The van der Waals surface area contributed by atoms with Crippen molar-refractivity contribution < 1.29 is 9.59 Å². The Morgan fingerprint density at radius 2 is 1.53 bits per heavy atom. The predicted octanol–water partition coefficient (Wildman–Crippen LogP) is 4.33. The van der Waals surface area contributed by atoms with E-state index < -0.39 is 0 Å². The van der Waals surface area contributed by atoms with Crippen LogP contribution in [0.1, 0.15) is 64.9 Å². The van der Waals surface area contributed by atoms with E-state index in [9.17, 15) is 9.59 Å². The molecule has 4 saturated carbocycles. The highest BCUT2D eigenvalue weighted by molar-refractivity contribution is 8.93. The molecule has 0 unspecified atom stereocenters. The van der Waals surface area contributed by atoms with E-state index in [1.54, 1.807) is 35.6 Å². The molecule has 1 aromatic carbocycles. The highest BCUT2D eigenvalue weighted by atomic mass is 79.9. The minimum Gasteiger partial charge on any atom is -0.322 e. The Morgan fingerprint density at radius 1 is 1.00 bits per heavy atom. The summed E-state index contributed by atoms with van der Waals surface area (Å²) in [6.45, 7) is 0.301. The van der Waals surface area contributed by atoms with Crippen LogP contribution in [0.15, 0.2) is 34.6 Å². The molecule has 30 heavy (non-hydrogen) atoms. The average molecular weight is 488 g/mol. The molecule has 5 nitrogen and oxygen atoms in total. The first-order valence-electron chi connectivity index (χ1n) is 10.7. The fourth-order valence-electron chi connectivity index (χ4n) is 6.60. The quantitative estimate of drug-likeness (QED) is 0.604. The van der Waals surface area contributed by atoms with Gasteiger partial charge < -0.3 is 4.57 Å². The van der Waals surface area contributed by atoms with Crippen LogP contribution in [0, 0.1) is 17.8 Å². The van der Waals surface area contributed by atoms with Crippen LogP contribution in [0.5, 0.6) is 0 Å². The van der Waals surface area contributed by atoms with Crippen LogP contribution in [-0.4, -0.2) is 26.8 Å². The Bertz CT molecular complexity index is 1030. The smallest absolute Gasteiger partial charge is 0.261 e. The molecule has 2 aromatic rings. The molecule has 4 bridgehead atoms. The molecule has 0 radical (unpaired) electrons. The largest absolute Gasteiger partial charge is 0.322 e. The molecule has 4 fully saturated rings. The second-order valence-corrected chi connectivity index (χ2v) is 10.4. The fourth-order valence-corrected chi connectivity index (χ4v) is 7.59. The second-order valence-electron chi connectivity index (χ2n) is 9.56. The van der Waals surface area contributed by atoms with Crippen LogP contribution in [0.3, 0.4) is 0 Å². The highest BCUT2D eigenvalue weighted by Crippen LogP contribution is 2.57. The van der Waals surface area contributed by atoms with Crippen LogP contribution in [-0.2, 0) is 13.6 Å². The number of carbonyl (C=O) groups excluding carboxylic acids is 2. The number of rotatable bonds is 3. The molecular formula is C23H26BrN3O2S. The number of thiazole rings is 1. The van der Waals surface area contributed by atoms with E-state index in [4.69, 9.17) is 4.99 Å². The molecule has 4 aliphatic carbocycles. The molecule has 0 N–H and O–H groups in total. The van der Waals surface area contributed by atoms with Gasteiger partial charge in [0.1, 0.15) is 0 Å². The van der Waals surface area contributed by atoms with Crippen molar-refractivity contribution in [3.63, 3.8) is 0 Å². The zero-order valence-electron chi connectivity index (χ0n) is 17.0. The number of hydrogen-bond acceptors (Lipinski definition) is 4. The van der Waals surface area contributed by atoms with Crippen LogP contribution in [0.4, 0.5) is 0 Å². The van der Waals surface area contributed by atoms with Crippen LogP contribution in [0.2, 0.25) is 0 Å². The third kappa shape index (κ3) is 3.04. The molecule has 7 heteroatoms.